The molecule has 0 spiro atoms. The van der Waals surface area contributed by atoms with Crippen molar-refractivity contribution in [2.75, 3.05) is 19.6 Å². The van der Waals surface area contributed by atoms with Crippen LogP contribution in [0.25, 0.3) is 0 Å². The van der Waals surface area contributed by atoms with Gasteiger partial charge in [0.2, 0.25) is 5.91 Å². The van der Waals surface area contributed by atoms with Gasteiger partial charge in [0.1, 0.15) is 11.5 Å². The summed E-state index contributed by atoms with van der Waals surface area (Å²) in [5.41, 5.74) is 6.38. The summed E-state index contributed by atoms with van der Waals surface area (Å²) in [4.78, 5) is 15.3. The maximum absolute atomic E-state index is 12.9. The predicted octanol–water partition coefficient (Wildman–Crippen LogP) is 3.84. The van der Waals surface area contributed by atoms with Crippen molar-refractivity contribution in [3.05, 3.63) is 23.7 Å². The fourth-order valence-electron chi connectivity index (χ4n) is 5.44. The Morgan fingerprint density at radius 2 is 1.82 bits per heavy atom. The lowest BCUT2D eigenvalue weighted by Gasteiger charge is -2.43. The highest BCUT2D eigenvalue weighted by atomic mass is 35.5. The van der Waals surface area contributed by atoms with Crippen LogP contribution in [-0.2, 0) is 4.79 Å². The minimum Gasteiger partial charge on any atom is -0.465 e. The van der Waals surface area contributed by atoms with Gasteiger partial charge in [-0.3, -0.25) is 9.69 Å². The van der Waals surface area contributed by atoms with Crippen molar-refractivity contribution >= 4 is 30.7 Å². The number of nitrogens with one attached hydrogen (secondary N) is 1. The number of fused-ring (bicyclic) bond motifs is 2. The number of hydrogen-bond donors (Lipinski definition) is 2. The van der Waals surface area contributed by atoms with E-state index in [1.165, 1.54) is 32.1 Å². The predicted molar refractivity (Wildman–Crippen MR) is 116 cm³/mol. The number of furan rings is 1. The van der Waals surface area contributed by atoms with Crippen molar-refractivity contribution in [2.45, 2.75) is 64.0 Å². The first-order valence-electron chi connectivity index (χ1n) is 10.5. The third-order valence-corrected chi connectivity index (χ3v) is 6.92. The minimum absolute atomic E-state index is 0. The number of carbonyl (C=O) groups is 1. The van der Waals surface area contributed by atoms with Crippen molar-refractivity contribution < 1.29 is 9.21 Å². The Balaban J connectivity index is 0.00000140. The summed E-state index contributed by atoms with van der Waals surface area (Å²) in [5.74, 6) is 3.36. The molecular weight excluding hydrogens is 397 g/mol. The first kappa shape index (κ1) is 23.5. The zero-order valence-electron chi connectivity index (χ0n) is 16.8. The van der Waals surface area contributed by atoms with E-state index in [2.05, 4.69) is 16.3 Å². The third-order valence-electron chi connectivity index (χ3n) is 6.92. The lowest BCUT2D eigenvalue weighted by atomic mass is 9.65. The lowest BCUT2D eigenvalue weighted by molar-refractivity contribution is -0.128. The lowest BCUT2D eigenvalue weighted by Crippen LogP contribution is -2.49. The number of halogens is 2. The summed E-state index contributed by atoms with van der Waals surface area (Å²) < 4.78 is 5.90. The van der Waals surface area contributed by atoms with E-state index in [1.807, 2.05) is 13.0 Å². The maximum atomic E-state index is 12.9. The summed E-state index contributed by atoms with van der Waals surface area (Å²) in [6.45, 7) is 4.79. The second-order valence-corrected chi connectivity index (χ2v) is 8.65. The molecule has 3 atom stereocenters. The molecule has 2 heterocycles. The Bertz CT molecular complexity index is 619. The van der Waals surface area contributed by atoms with Gasteiger partial charge in [0, 0.05) is 18.5 Å². The molecule has 1 aliphatic heterocycles. The van der Waals surface area contributed by atoms with Gasteiger partial charge in [-0.2, -0.15) is 0 Å². The molecule has 1 saturated heterocycles. The van der Waals surface area contributed by atoms with Crippen LogP contribution in [0.1, 0.15) is 62.5 Å². The fourth-order valence-corrected chi connectivity index (χ4v) is 5.44. The molecule has 3 fully saturated rings. The van der Waals surface area contributed by atoms with Gasteiger partial charge in [-0.25, -0.2) is 0 Å². The highest BCUT2D eigenvalue weighted by Gasteiger charge is 2.40. The standard InChI is InChI=1S/C21H33N3O2.2ClH/c1-14-7-8-19(26-14)18(24-9-2-3-10-24)13-23-21(25)17-11-15-5-4-6-16(12-17)20(15)22;;/h7-8,15-18,20H,2-6,9-13,22H2,1H3,(H,23,25);2*1H. The molecule has 7 heteroatoms. The van der Waals surface area contributed by atoms with E-state index in [4.69, 9.17) is 10.2 Å². The van der Waals surface area contributed by atoms with Crippen molar-refractivity contribution in [1.29, 1.82) is 0 Å². The molecule has 2 bridgehead atoms. The number of carbonyl (C=O) groups excluding carboxylic acids is 1. The SMILES string of the molecule is Cc1ccc(C(CNC(=O)C2CC3CCCC(C2)C3N)N2CCCC2)o1.Cl.Cl. The van der Waals surface area contributed by atoms with E-state index in [-0.39, 0.29) is 42.7 Å². The molecule has 0 radical (unpaired) electrons. The Morgan fingerprint density at radius 3 is 2.39 bits per heavy atom. The van der Waals surface area contributed by atoms with Crippen LogP contribution in [0.5, 0.6) is 0 Å². The monoisotopic (exact) mass is 431 g/mol. The zero-order chi connectivity index (χ0) is 18.1. The number of likely N-dealkylation sites (tertiary alicyclic amines) is 1. The molecule has 3 unspecified atom stereocenters. The average Bonchev–Trinajstić information content (AvgIpc) is 3.27. The number of nitrogens with two attached hydrogens (primary N) is 1. The Hall–Kier alpha value is -0.750. The van der Waals surface area contributed by atoms with E-state index in [0.29, 0.717) is 24.4 Å². The van der Waals surface area contributed by atoms with Gasteiger partial charge in [-0.1, -0.05) is 6.42 Å². The van der Waals surface area contributed by atoms with Gasteiger partial charge >= 0.3 is 0 Å². The normalized spacial score (nSPS) is 30.8. The van der Waals surface area contributed by atoms with Crippen LogP contribution < -0.4 is 11.1 Å². The molecular formula is C21H35Cl2N3O2. The smallest absolute Gasteiger partial charge is 0.223 e. The minimum atomic E-state index is 0. The van der Waals surface area contributed by atoms with Crippen LogP contribution in [0.3, 0.4) is 0 Å². The van der Waals surface area contributed by atoms with Crippen LogP contribution in [0.15, 0.2) is 16.5 Å². The number of aryl methyl sites for hydroxylation is 1. The average molecular weight is 432 g/mol. The van der Waals surface area contributed by atoms with Gasteiger partial charge in [-0.15, -0.1) is 24.8 Å². The Kier molecular flexibility index (Phi) is 8.68. The number of rotatable bonds is 5. The summed E-state index contributed by atoms with van der Waals surface area (Å²) >= 11 is 0. The number of nitrogens with zero attached hydrogens (tertiary/aromatic N) is 1. The summed E-state index contributed by atoms with van der Waals surface area (Å²) in [7, 11) is 0. The largest absolute Gasteiger partial charge is 0.465 e. The number of hydrogen-bond acceptors (Lipinski definition) is 4. The second kappa shape index (κ2) is 10.3. The molecule has 1 aromatic rings. The van der Waals surface area contributed by atoms with Crippen molar-refractivity contribution in [3.8, 4) is 0 Å². The van der Waals surface area contributed by atoms with Gasteiger partial charge < -0.3 is 15.5 Å². The molecule has 3 N–H and O–H groups in total. The molecule has 160 valence electrons. The van der Waals surface area contributed by atoms with Crippen LogP contribution in [0.4, 0.5) is 0 Å². The number of amides is 1. The van der Waals surface area contributed by atoms with Crippen LogP contribution >= 0.6 is 24.8 Å². The van der Waals surface area contributed by atoms with Crippen LogP contribution in [0.2, 0.25) is 0 Å². The van der Waals surface area contributed by atoms with Crippen molar-refractivity contribution in [2.24, 2.45) is 23.5 Å². The highest BCUT2D eigenvalue weighted by Crippen LogP contribution is 2.42. The molecule has 1 amide bonds. The van der Waals surface area contributed by atoms with E-state index in [1.54, 1.807) is 0 Å². The fraction of sp³-hybridized carbons (Fsp3) is 0.762. The summed E-state index contributed by atoms with van der Waals surface area (Å²) in [5, 5.41) is 3.26. The van der Waals surface area contributed by atoms with Crippen LogP contribution in [0, 0.1) is 24.7 Å². The van der Waals surface area contributed by atoms with Crippen LogP contribution in [-0.4, -0.2) is 36.5 Å². The Morgan fingerprint density at radius 1 is 1.18 bits per heavy atom. The summed E-state index contributed by atoms with van der Waals surface area (Å²) in [6.07, 6.45) is 8.08. The summed E-state index contributed by atoms with van der Waals surface area (Å²) in [6, 6.07) is 4.55. The van der Waals surface area contributed by atoms with Gasteiger partial charge in [0.15, 0.2) is 0 Å². The van der Waals surface area contributed by atoms with E-state index >= 15 is 0 Å². The van der Waals surface area contributed by atoms with E-state index < -0.39 is 0 Å². The van der Waals surface area contributed by atoms with Gasteiger partial charge in [0.05, 0.1) is 6.04 Å². The molecule has 28 heavy (non-hydrogen) atoms. The van der Waals surface area contributed by atoms with Gasteiger partial charge in [0.25, 0.3) is 0 Å². The first-order chi connectivity index (χ1) is 12.6. The third kappa shape index (κ3) is 5.05. The van der Waals surface area contributed by atoms with Gasteiger partial charge in [-0.05, 0) is 82.5 Å². The molecule has 2 saturated carbocycles. The second-order valence-electron chi connectivity index (χ2n) is 8.65. The quantitative estimate of drug-likeness (QED) is 0.742. The first-order valence-corrected chi connectivity index (χ1v) is 10.5. The maximum Gasteiger partial charge on any atom is 0.223 e. The zero-order valence-corrected chi connectivity index (χ0v) is 18.4. The molecule has 1 aromatic heterocycles. The van der Waals surface area contributed by atoms with E-state index in [9.17, 15) is 4.79 Å². The molecule has 5 nitrogen and oxygen atoms in total. The topological polar surface area (TPSA) is 71.5 Å². The molecule has 4 rings (SSSR count). The highest BCUT2D eigenvalue weighted by molar-refractivity contribution is 5.85. The van der Waals surface area contributed by atoms with E-state index in [0.717, 1.165) is 37.5 Å². The Labute approximate surface area is 181 Å². The molecule has 0 aromatic carbocycles. The molecule has 2 aliphatic carbocycles. The van der Waals surface area contributed by atoms with Crippen molar-refractivity contribution in [3.63, 3.8) is 0 Å². The van der Waals surface area contributed by atoms with Crippen molar-refractivity contribution in [1.82, 2.24) is 10.2 Å². The molecule has 3 aliphatic rings.